The Morgan fingerprint density at radius 2 is 0.750 bits per heavy atom. The number of benzene rings is 6. The van der Waals surface area contributed by atoms with E-state index < -0.39 is 11.6 Å². The number of rotatable bonds is 3. The van der Waals surface area contributed by atoms with E-state index >= 15 is 0 Å². The van der Waals surface area contributed by atoms with Gasteiger partial charge < -0.3 is 18.9 Å². The Labute approximate surface area is 232 Å². The van der Waals surface area contributed by atoms with Crippen molar-refractivity contribution in [3.05, 3.63) is 132 Å². The van der Waals surface area contributed by atoms with Crippen molar-refractivity contribution in [3.63, 3.8) is 0 Å². The molecule has 0 radical (unpaired) electrons. The van der Waals surface area contributed by atoms with Crippen molar-refractivity contribution in [2.75, 3.05) is 0 Å². The molecule has 2 atom stereocenters. The smallest absolute Gasteiger partial charge is 0.275 e. The summed E-state index contributed by atoms with van der Waals surface area (Å²) in [5.74, 6) is 1.12. The minimum Gasteiger partial charge on any atom is -0.444 e. The number of ether oxygens (including phenoxy) is 4. The molecule has 6 aromatic rings. The summed E-state index contributed by atoms with van der Waals surface area (Å²) < 4.78 is 26.2. The average Bonchev–Trinajstić information content (AvgIpc) is 3.55. The predicted molar refractivity (Wildman–Crippen MR) is 157 cm³/mol. The van der Waals surface area contributed by atoms with Crippen LogP contribution in [0.1, 0.15) is 25.0 Å². The van der Waals surface area contributed by atoms with Crippen molar-refractivity contribution in [1.82, 2.24) is 0 Å². The van der Waals surface area contributed by atoms with Gasteiger partial charge in [-0.15, -0.1) is 0 Å². The molecule has 0 saturated carbocycles. The Bertz CT molecular complexity index is 1790. The maximum absolute atomic E-state index is 6.57. The molecule has 2 aliphatic heterocycles. The Balaban J connectivity index is 1.33. The summed E-state index contributed by atoms with van der Waals surface area (Å²) in [7, 11) is 0. The Morgan fingerprint density at radius 3 is 1.15 bits per heavy atom. The third-order valence-electron chi connectivity index (χ3n) is 8.01. The highest BCUT2D eigenvalue weighted by Gasteiger charge is 2.42. The van der Waals surface area contributed by atoms with Gasteiger partial charge in [0, 0.05) is 35.7 Å². The van der Waals surface area contributed by atoms with Gasteiger partial charge in [-0.1, -0.05) is 109 Å². The van der Waals surface area contributed by atoms with Gasteiger partial charge in [0.1, 0.15) is 0 Å². The molecule has 2 heterocycles. The summed E-state index contributed by atoms with van der Waals surface area (Å²) >= 11 is 0. The molecular weight excluding hydrogens is 496 g/mol. The van der Waals surface area contributed by atoms with E-state index in [4.69, 9.17) is 18.9 Å². The molecule has 0 aromatic heterocycles. The van der Waals surface area contributed by atoms with E-state index in [1.165, 1.54) is 0 Å². The van der Waals surface area contributed by atoms with E-state index in [1.807, 2.05) is 86.6 Å². The maximum Gasteiger partial charge on any atom is 0.275 e. The van der Waals surface area contributed by atoms with Crippen molar-refractivity contribution in [3.8, 4) is 34.1 Å². The maximum atomic E-state index is 6.57. The fourth-order valence-electron chi connectivity index (χ4n) is 6.02. The molecular formula is C36H26O4. The lowest BCUT2D eigenvalue weighted by molar-refractivity contribution is -0.0679. The molecule has 40 heavy (non-hydrogen) atoms. The molecule has 2 unspecified atom stereocenters. The first-order chi connectivity index (χ1) is 19.5. The van der Waals surface area contributed by atoms with Crippen LogP contribution in [0.25, 0.3) is 32.7 Å². The quantitative estimate of drug-likeness (QED) is 0.232. The normalized spacial score (nSPS) is 20.8. The van der Waals surface area contributed by atoms with Gasteiger partial charge in [-0.25, -0.2) is 0 Å². The van der Waals surface area contributed by atoms with Crippen molar-refractivity contribution >= 4 is 21.5 Å². The molecule has 4 nitrogen and oxygen atoms in total. The third kappa shape index (κ3) is 3.32. The highest BCUT2D eigenvalue weighted by atomic mass is 16.7. The molecule has 6 aromatic carbocycles. The minimum absolute atomic E-state index is 0.718. The van der Waals surface area contributed by atoms with E-state index in [1.54, 1.807) is 0 Å². The highest BCUT2D eigenvalue weighted by Crippen LogP contribution is 2.54. The predicted octanol–water partition coefficient (Wildman–Crippen LogP) is 8.95. The van der Waals surface area contributed by atoms with E-state index in [2.05, 4.69) is 48.5 Å². The van der Waals surface area contributed by atoms with Gasteiger partial charge >= 0.3 is 0 Å². The summed E-state index contributed by atoms with van der Waals surface area (Å²) in [5.41, 5.74) is 4.02. The van der Waals surface area contributed by atoms with Crippen molar-refractivity contribution in [2.24, 2.45) is 0 Å². The highest BCUT2D eigenvalue weighted by molar-refractivity contribution is 6.10. The van der Waals surface area contributed by atoms with Gasteiger partial charge in [0.05, 0.1) is 0 Å². The molecule has 194 valence electrons. The van der Waals surface area contributed by atoms with Crippen LogP contribution in [0.2, 0.25) is 0 Å². The summed E-state index contributed by atoms with van der Waals surface area (Å²) in [6, 6.07) is 41.0. The lowest BCUT2D eigenvalue weighted by Gasteiger charge is -2.23. The zero-order valence-corrected chi connectivity index (χ0v) is 22.2. The summed E-state index contributed by atoms with van der Waals surface area (Å²) in [6.45, 7) is 3.94. The van der Waals surface area contributed by atoms with Gasteiger partial charge in [0.25, 0.3) is 11.6 Å². The average molecular weight is 523 g/mol. The molecule has 0 bridgehead atoms. The molecule has 0 amide bonds. The summed E-state index contributed by atoms with van der Waals surface area (Å²) in [5, 5.41) is 4.17. The standard InChI is InChI=1S/C36H26O4/c1-35(23-13-5-3-6-14-23)37-31-21-29(25-17-9-11-19-27(25)33(31)39-35)30-22-32-34(28-20-12-10-18-26(28)30)40-36(2,38-32)24-15-7-4-8-16-24/h3-22H,1-2H3. The number of hydrogen-bond donors (Lipinski definition) is 0. The van der Waals surface area contributed by atoms with Crippen LogP contribution < -0.4 is 18.9 Å². The van der Waals surface area contributed by atoms with Crippen LogP contribution in [-0.2, 0) is 11.6 Å². The number of fused-ring (bicyclic) bond motifs is 6. The fourth-order valence-corrected chi connectivity index (χ4v) is 6.02. The van der Waals surface area contributed by atoms with Gasteiger partial charge in [-0.3, -0.25) is 0 Å². The third-order valence-corrected chi connectivity index (χ3v) is 8.01. The zero-order valence-electron chi connectivity index (χ0n) is 22.2. The Kier molecular flexibility index (Phi) is 4.75. The Hall–Kier alpha value is -4.96. The summed E-state index contributed by atoms with van der Waals surface area (Å²) in [6.07, 6.45) is 0. The molecule has 0 spiro atoms. The lowest BCUT2D eigenvalue weighted by Crippen LogP contribution is -2.31. The SMILES string of the molecule is CC1(c2ccccc2)Oc2cc(-c3cc4c(c5ccccc35)OC(C)(c3ccccc3)O4)c3ccccc3c2O1. The van der Waals surface area contributed by atoms with Gasteiger partial charge in [-0.05, 0) is 34.0 Å². The van der Waals surface area contributed by atoms with Gasteiger partial charge in [0.15, 0.2) is 23.0 Å². The Morgan fingerprint density at radius 1 is 0.400 bits per heavy atom. The molecule has 8 rings (SSSR count). The van der Waals surface area contributed by atoms with Crippen LogP contribution in [0, 0.1) is 0 Å². The molecule has 0 saturated heterocycles. The largest absolute Gasteiger partial charge is 0.444 e. The first-order valence-electron chi connectivity index (χ1n) is 13.5. The topological polar surface area (TPSA) is 36.9 Å². The monoisotopic (exact) mass is 522 g/mol. The molecule has 0 fully saturated rings. The van der Waals surface area contributed by atoms with Crippen molar-refractivity contribution in [1.29, 1.82) is 0 Å². The first kappa shape index (κ1) is 23.0. The first-order valence-corrected chi connectivity index (χ1v) is 13.5. The lowest BCUT2D eigenvalue weighted by atomic mass is 9.92. The molecule has 0 aliphatic carbocycles. The van der Waals surface area contributed by atoms with Crippen molar-refractivity contribution in [2.45, 2.75) is 25.4 Å². The number of hydrogen-bond acceptors (Lipinski definition) is 4. The fraction of sp³-hybridized carbons (Fsp3) is 0.111. The summed E-state index contributed by atoms with van der Waals surface area (Å²) in [4.78, 5) is 0. The van der Waals surface area contributed by atoms with Gasteiger partial charge in [0.2, 0.25) is 0 Å². The van der Waals surface area contributed by atoms with Crippen LogP contribution in [0.5, 0.6) is 23.0 Å². The molecule has 0 N–H and O–H groups in total. The van der Waals surface area contributed by atoms with Crippen LogP contribution in [0.4, 0.5) is 0 Å². The van der Waals surface area contributed by atoms with E-state index in [-0.39, 0.29) is 0 Å². The van der Waals surface area contributed by atoms with Crippen LogP contribution >= 0.6 is 0 Å². The second-order valence-electron chi connectivity index (χ2n) is 10.6. The van der Waals surface area contributed by atoms with E-state index in [0.29, 0.717) is 0 Å². The molecule has 4 heteroatoms. The van der Waals surface area contributed by atoms with E-state index in [0.717, 1.165) is 66.8 Å². The zero-order chi connectivity index (χ0) is 26.9. The van der Waals surface area contributed by atoms with Crippen LogP contribution in [0.3, 0.4) is 0 Å². The van der Waals surface area contributed by atoms with Crippen LogP contribution in [0.15, 0.2) is 121 Å². The molecule has 2 aliphatic rings. The van der Waals surface area contributed by atoms with Gasteiger partial charge in [-0.2, -0.15) is 0 Å². The minimum atomic E-state index is -0.917. The second kappa shape index (κ2) is 8.27. The second-order valence-corrected chi connectivity index (χ2v) is 10.6. The van der Waals surface area contributed by atoms with Crippen LogP contribution in [-0.4, -0.2) is 0 Å². The van der Waals surface area contributed by atoms with Crippen molar-refractivity contribution < 1.29 is 18.9 Å². The van der Waals surface area contributed by atoms with E-state index in [9.17, 15) is 0 Å².